The van der Waals surface area contributed by atoms with Crippen LogP contribution in [0, 0.1) is 0 Å². The van der Waals surface area contributed by atoms with Gasteiger partial charge >= 0.3 is 0 Å². The maximum Gasteiger partial charge on any atom is 0.280 e. The smallest absolute Gasteiger partial charge is 0.255 e. The molecular formula is C7H6ClF2N. The topological polar surface area (TPSA) is 12.9 Å². The van der Waals surface area contributed by atoms with Gasteiger partial charge in [0.05, 0.1) is 0 Å². The van der Waals surface area contributed by atoms with Crippen LogP contribution in [-0.2, 0) is 5.88 Å². The van der Waals surface area contributed by atoms with Crippen molar-refractivity contribution in [3.05, 3.63) is 29.6 Å². The van der Waals surface area contributed by atoms with Crippen molar-refractivity contribution < 1.29 is 8.78 Å². The monoisotopic (exact) mass is 177 g/mol. The number of aromatic nitrogens is 1. The fourth-order valence-corrected chi connectivity index (χ4v) is 0.802. The highest BCUT2D eigenvalue weighted by Gasteiger charge is 2.06. The Kier molecular flexibility index (Phi) is 2.76. The predicted octanol–water partition coefficient (Wildman–Crippen LogP) is 2.76. The lowest BCUT2D eigenvalue weighted by Gasteiger charge is -1.98. The van der Waals surface area contributed by atoms with Crippen molar-refractivity contribution in [3.8, 4) is 0 Å². The summed E-state index contributed by atoms with van der Waals surface area (Å²) in [4.78, 5) is 3.51. The SMILES string of the molecule is FC(F)c1ccc(CCl)cn1. The number of hydrogen-bond acceptors (Lipinski definition) is 1. The minimum atomic E-state index is -2.50. The Morgan fingerprint density at radius 1 is 1.45 bits per heavy atom. The van der Waals surface area contributed by atoms with Crippen LogP contribution in [0.2, 0.25) is 0 Å². The number of hydrogen-bond donors (Lipinski definition) is 0. The van der Waals surface area contributed by atoms with Crippen molar-refractivity contribution in [3.63, 3.8) is 0 Å². The fourth-order valence-electron chi connectivity index (χ4n) is 0.644. The third kappa shape index (κ3) is 2.12. The van der Waals surface area contributed by atoms with E-state index in [-0.39, 0.29) is 5.69 Å². The standard InChI is InChI=1S/C7H6ClF2N/c8-3-5-1-2-6(7(9)10)11-4-5/h1-2,4,7H,3H2. The van der Waals surface area contributed by atoms with E-state index in [4.69, 9.17) is 11.6 Å². The third-order valence-corrected chi connectivity index (χ3v) is 1.53. The zero-order valence-corrected chi connectivity index (χ0v) is 6.35. The van der Waals surface area contributed by atoms with Crippen LogP contribution in [0.1, 0.15) is 17.7 Å². The molecule has 0 fully saturated rings. The molecule has 4 heteroatoms. The van der Waals surface area contributed by atoms with Crippen LogP contribution < -0.4 is 0 Å². The largest absolute Gasteiger partial charge is 0.280 e. The maximum absolute atomic E-state index is 11.9. The van der Waals surface area contributed by atoms with Crippen LogP contribution in [0.25, 0.3) is 0 Å². The van der Waals surface area contributed by atoms with Crippen molar-refractivity contribution in [2.45, 2.75) is 12.3 Å². The van der Waals surface area contributed by atoms with Gasteiger partial charge in [-0.1, -0.05) is 6.07 Å². The van der Waals surface area contributed by atoms with Gasteiger partial charge in [0.25, 0.3) is 6.43 Å². The van der Waals surface area contributed by atoms with Crippen LogP contribution in [0.3, 0.4) is 0 Å². The molecule has 0 aliphatic heterocycles. The van der Waals surface area contributed by atoms with Crippen molar-refractivity contribution >= 4 is 11.6 Å². The second-order valence-electron chi connectivity index (χ2n) is 2.03. The molecule has 0 atom stereocenters. The highest BCUT2D eigenvalue weighted by molar-refractivity contribution is 6.17. The molecule has 1 rings (SSSR count). The van der Waals surface area contributed by atoms with E-state index in [1.165, 1.54) is 12.3 Å². The molecular weight excluding hydrogens is 172 g/mol. The van der Waals surface area contributed by atoms with Crippen LogP contribution in [-0.4, -0.2) is 4.98 Å². The Bertz CT molecular complexity index is 222. The minimum absolute atomic E-state index is 0.209. The Morgan fingerprint density at radius 2 is 2.18 bits per heavy atom. The van der Waals surface area contributed by atoms with Crippen molar-refractivity contribution in [1.29, 1.82) is 0 Å². The van der Waals surface area contributed by atoms with E-state index in [2.05, 4.69) is 4.98 Å². The molecule has 0 spiro atoms. The molecule has 1 aromatic rings. The van der Waals surface area contributed by atoms with E-state index in [1.54, 1.807) is 6.07 Å². The van der Waals surface area contributed by atoms with E-state index in [9.17, 15) is 8.78 Å². The van der Waals surface area contributed by atoms with Gasteiger partial charge in [-0.15, -0.1) is 11.6 Å². The lowest BCUT2D eigenvalue weighted by Crippen LogP contribution is -1.89. The number of pyridine rings is 1. The molecule has 0 N–H and O–H groups in total. The van der Waals surface area contributed by atoms with Crippen LogP contribution in [0.4, 0.5) is 8.78 Å². The third-order valence-electron chi connectivity index (χ3n) is 1.23. The molecule has 0 saturated carbocycles. The number of rotatable bonds is 2. The predicted molar refractivity (Wildman–Crippen MR) is 38.8 cm³/mol. The molecule has 0 aromatic carbocycles. The molecule has 1 aromatic heterocycles. The lowest BCUT2D eigenvalue weighted by molar-refractivity contribution is 0.146. The quantitative estimate of drug-likeness (QED) is 0.633. The number of nitrogens with zero attached hydrogens (tertiary/aromatic N) is 1. The second-order valence-corrected chi connectivity index (χ2v) is 2.29. The summed E-state index contributed by atoms with van der Waals surface area (Å²) in [6, 6.07) is 2.82. The van der Waals surface area contributed by atoms with Gasteiger partial charge in [-0.05, 0) is 11.6 Å². The Morgan fingerprint density at radius 3 is 2.55 bits per heavy atom. The molecule has 0 aliphatic rings. The average Bonchev–Trinajstić information content (AvgIpc) is 2.05. The van der Waals surface area contributed by atoms with Gasteiger partial charge in [0, 0.05) is 12.1 Å². The summed E-state index contributed by atoms with van der Waals surface area (Å²) >= 11 is 5.43. The van der Waals surface area contributed by atoms with E-state index in [1.807, 2.05) is 0 Å². The molecule has 1 nitrogen and oxygen atoms in total. The summed E-state index contributed by atoms with van der Waals surface area (Å²) in [7, 11) is 0. The van der Waals surface area contributed by atoms with Gasteiger partial charge in [0.1, 0.15) is 5.69 Å². The molecule has 1 heterocycles. The second kappa shape index (κ2) is 3.62. The maximum atomic E-state index is 11.9. The number of halogens is 3. The Hall–Kier alpha value is -0.700. The zero-order valence-electron chi connectivity index (χ0n) is 5.60. The Labute approximate surface area is 68.0 Å². The van der Waals surface area contributed by atoms with Crippen LogP contribution in [0.5, 0.6) is 0 Å². The molecule has 0 amide bonds. The van der Waals surface area contributed by atoms with Crippen molar-refractivity contribution in [2.75, 3.05) is 0 Å². The van der Waals surface area contributed by atoms with Crippen molar-refractivity contribution in [2.24, 2.45) is 0 Å². The summed E-state index contributed by atoms with van der Waals surface area (Å²) in [6.45, 7) is 0. The van der Waals surface area contributed by atoms with Crippen LogP contribution >= 0.6 is 11.6 Å². The van der Waals surface area contributed by atoms with E-state index < -0.39 is 6.43 Å². The number of alkyl halides is 3. The van der Waals surface area contributed by atoms with Gasteiger partial charge in [-0.25, -0.2) is 8.78 Å². The van der Waals surface area contributed by atoms with Gasteiger partial charge in [0.2, 0.25) is 0 Å². The van der Waals surface area contributed by atoms with Gasteiger partial charge in [-0.3, -0.25) is 4.98 Å². The highest BCUT2D eigenvalue weighted by Crippen LogP contribution is 2.15. The van der Waals surface area contributed by atoms with Gasteiger partial charge < -0.3 is 0 Å². The van der Waals surface area contributed by atoms with E-state index in [0.29, 0.717) is 5.88 Å². The molecule has 0 aliphatic carbocycles. The fraction of sp³-hybridized carbons (Fsp3) is 0.286. The summed E-state index contributed by atoms with van der Waals surface area (Å²) in [5.41, 5.74) is 0.537. The summed E-state index contributed by atoms with van der Waals surface area (Å²) in [5.74, 6) is 0.302. The van der Waals surface area contributed by atoms with E-state index >= 15 is 0 Å². The molecule has 0 radical (unpaired) electrons. The van der Waals surface area contributed by atoms with Gasteiger partial charge in [-0.2, -0.15) is 0 Å². The molecule has 0 bridgehead atoms. The summed E-state index contributed by atoms with van der Waals surface area (Å²) in [5, 5.41) is 0. The van der Waals surface area contributed by atoms with Crippen molar-refractivity contribution in [1.82, 2.24) is 4.98 Å². The molecule has 0 unspecified atom stereocenters. The van der Waals surface area contributed by atoms with E-state index in [0.717, 1.165) is 5.56 Å². The molecule has 0 saturated heterocycles. The van der Waals surface area contributed by atoms with Gasteiger partial charge in [0.15, 0.2) is 0 Å². The lowest BCUT2D eigenvalue weighted by atomic mass is 10.3. The van der Waals surface area contributed by atoms with Crippen LogP contribution in [0.15, 0.2) is 18.3 Å². The Balaban J connectivity index is 2.83. The normalized spacial score (nSPS) is 10.5. The molecule has 11 heavy (non-hydrogen) atoms. The highest BCUT2D eigenvalue weighted by atomic mass is 35.5. The first kappa shape index (κ1) is 8.40. The minimum Gasteiger partial charge on any atom is -0.255 e. The first-order chi connectivity index (χ1) is 5.24. The summed E-state index contributed by atoms with van der Waals surface area (Å²) < 4.78 is 23.8. The summed E-state index contributed by atoms with van der Waals surface area (Å²) in [6.07, 6.45) is -1.14. The first-order valence-electron chi connectivity index (χ1n) is 3.03. The zero-order chi connectivity index (χ0) is 8.27. The first-order valence-corrected chi connectivity index (χ1v) is 3.56. The average molecular weight is 178 g/mol. The molecule has 60 valence electrons.